The number of halogens is 2. The number of alkyl halides is 1. The molecule has 1 heterocycles. The Bertz CT molecular complexity index is 280. The van der Waals surface area contributed by atoms with Crippen LogP contribution in [0.2, 0.25) is 0 Å². The summed E-state index contributed by atoms with van der Waals surface area (Å²) in [7, 11) is 0. The SMILES string of the molecule is CCc1nc(Br)cc(NCCF)n1. The van der Waals surface area contributed by atoms with Gasteiger partial charge in [0, 0.05) is 19.0 Å². The quantitative estimate of drug-likeness (QED) is 0.830. The number of nitrogens with one attached hydrogen (secondary N) is 1. The van der Waals surface area contributed by atoms with Crippen LogP contribution in [-0.4, -0.2) is 23.2 Å². The van der Waals surface area contributed by atoms with E-state index in [1.54, 1.807) is 6.07 Å². The molecule has 0 saturated heterocycles. The fraction of sp³-hybridized carbons (Fsp3) is 0.500. The van der Waals surface area contributed by atoms with Gasteiger partial charge in [0.15, 0.2) is 0 Å². The van der Waals surface area contributed by atoms with E-state index < -0.39 is 6.67 Å². The summed E-state index contributed by atoms with van der Waals surface area (Å²) < 4.78 is 12.6. The third kappa shape index (κ3) is 3.26. The molecule has 0 aromatic carbocycles. The first-order valence-electron chi connectivity index (χ1n) is 4.09. The van der Waals surface area contributed by atoms with E-state index >= 15 is 0 Å². The maximum absolute atomic E-state index is 11.8. The maximum atomic E-state index is 11.8. The van der Waals surface area contributed by atoms with Crippen LogP contribution in [-0.2, 0) is 6.42 Å². The highest BCUT2D eigenvalue weighted by Gasteiger charge is 2.00. The topological polar surface area (TPSA) is 37.8 Å². The highest BCUT2D eigenvalue weighted by atomic mass is 79.9. The molecule has 0 amide bonds. The molecule has 0 fully saturated rings. The van der Waals surface area contributed by atoms with Crippen LogP contribution in [0.15, 0.2) is 10.7 Å². The van der Waals surface area contributed by atoms with Crippen LogP contribution in [0.25, 0.3) is 0 Å². The van der Waals surface area contributed by atoms with Crippen molar-refractivity contribution < 1.29 is 4.39 Å². The number of rotatable bonds is 4. The molecular formula is C8H11BrFN3. The summed E-state index contributed by atoms with van der Waals surface area (Å²) in [6.07, 6.45) is 0.768. The summed E-state index contributed by atoms with van der Waals surface area (Å²) in [4.78, 5) is 8.30. The molecule has 1 N–H and O–H groups in total. The highest BCUT2D eigenvalue weighted by Crippen LogP contribution is 2.12. The Balaban J connectivity index is 2.76. The Kier molecular flexibility index (Phi) is 4.08. The van der Waals surface area contributed by atoms with Crippen molar-refractivity contribution in [2.45, 2.75) is 13.3 Å². The van der Waals surface area contributed by atoms with Crippen LogP contribution >= 0.6 is 15.9 Å². The van der Waals surface area contributed by atoms with Crippen LogP contribution in [0.5, 0.6) is 0 Å². The fourth-order valence-corrected chi connectivity index (χ4v) is 1.31. The van der Waals surface area contributed by atoms with Gasteiger partial charge < -0.3 is 5.32 Å². The first-order valence-corrected chi connectivity index (χ1v) is 4.89. The molecule has 0 aliphatic carbocycles. The number of aryl methyl sites for hydroxylation is 1. The number of aromatic nitrogens is 2. The van der Waals surface area contributed by atoms with Crippen LogP contribution in [0.3, 0.4) is 0 Å². The number of hydrogen-bond donors (Lipinski definition) is 1. The van der Waals surface area contributed by atoms with Crippen LogP contribution < -0.4 is 5.32 Å². The molecule has 5 heteroatoms. The Morgan fingerprint density at radius 1 is 1.54 bits per heavy atom. The van der Waals surface area contributed by atoms with Gasteiger partial charge in [0.2, 0.25) is 0 Å². The van der Waals surface area contributed by atoms with Crippen LogP contribution in [0.4, 0.5) is 10.2 Å². The Morgan fingerprint density at radius 3 is 2.92 bits per heavy atom. The largest absolute Gasteiger partial charge is 0.367 e. The van der Waals surface area contributed by atoms with Crippen molar-refractivity contribution in [2.75, 3.05) is 18.5 Å². The van der Waals surface area contributed by atoms with Crippen molar-refractivity contribution in [3.05, 3.63) is 16.5 Å². The number of nitrogens with zero attached hydrogens (tertiary/aromatic N) is 2. The first kappa shape index (κ1) is 10.4. The standard InChI is InChI=1S/C8H11BrFN3/c1-2-7-12-6(9)5-8(13-7)11-4-3-10/h5H,2-4H2,1H3,(H,11,12,13). The van der Waals surface area contributed by atoms with Crippen molar-refractivity contribution in [3.8, 4) is 0 Å². The van der Waals surface area contributed by atoms with Crippen molar-refractivity contribution in [3.63, 3.8) is 0 Å². The average Bonchev–Trinajstić information content (AvgIpc) is 2.14. The minimum Gasteiger partial charge on any atom is -0.367 e. The Morgan fingerprint density at radius 2 is 2.31 bits per heavy atom. The van der Waals surface area contributed by atoms with Gasteiger partial charge in [0.05, 0.1) is 0 Å². The van der Waals surface area contributed by atoms with E-state index in [0.29, 0.717) is 5.82 Å². The molecule has 0 saturated carbocycles. The summed E-state index contributed by atoms with van der Waals surface area (Å²) in [5.41, 5.74) is 0. The van der Waals surface area contributed by atoms with Gasteiger partial charge in [-0.1, -0.05) is 6.92 Å². The second-order valence-corrected chi connectivity index (χ2v) is 3.27. The predicted octanol–water partition coefficient (Wildman–Crippen LogP) is 2.18. The van der Waals surface area contributed by atoms with Gasteiger partial charge >= 0.3 is 0 Å². The van der Waals surface area contributed by atoms with Gasteiger partial charge in [0.25, 0.3) is 0 Å². The minimum absolute atomic E-state index is 0.284. The van der Waals surface area contributed by atoms with Gasteiger partial charge in [-0.15, -0.1) is 0 Å². The van der Waals surface area contributed by atoms with E-state index in [1.807, 2.05) is 6.92 Å². The molecule has 0 spiro atoms. The zero-order chi connectivity index (χ0) is 9.68. The zero-order valence-corrected chi connectivity index (χ0v) is 8.94. The molecule has 1 rings (SSSR count). The van der Waals surface area contributed by atoms with E-state index in [-0.39, 0.29) is 6.54 Å². The molecule has 72 valence electrons. The van der Waals surface area contributed by atoms with Gasteiger partial charge in [0.1, 0.15) is 22.9 Å². The van der Waals surface area contributed by atoms with Gasteiger partial charge in [-0.2, -0.15) is 0 Å². The van der Waals surface area contributed by atoms with Gasteiger partial charge in [-0.3, -0.25) is 0 Å². The minimum atomic E-state index is -0.400. The lowest BCUT2D eigenvalue weighted by molar-refractivity contribution is 0.512. The molecule has 3 nitrogen and oxygen atoms in total. The average molecular weight is 248 g/mol. The smallest absolute Gasteiger partial charge is 0.131 e. The maximum Gasteiger partial charge on any atom is 0.131 e. The van der Waals surface area contributed by atoms with E-state index in [0.717, 1.165) is 16.8 Å². The normalized spacial score (nSPS) is 10.1. The molecule has 0 unspecified atom stereocenters. The predicted molar refractivity (Wildman–Crippen MR) is 53.6 cm³/mol. The molecule has 0 aliphatic heterocycles. The van der Waals surface area contributed by atoms with Crippen molar-refractivity contribution in [1.82, 2.24) is 9.97 Å². The molecule has 0 atom stereocenters. The lowest BCUT2D eigenvalue weighted by atomic mass is 10.4. The molecular weight excluding hydrogens is 237 g/mol. The summed E-state index contributed by atoms with van der Waals surface area (Å²) in [6.45, 7) is 1.86. The van der Waals surface area contributed by atoms with E-state index in [4.69, 9.17) is 0 Å². The molecule has 0 bridgehead atoms. The molecule has 0 radical (unpaired) electrons. The van der Waals surface area contributed by atoms with Crippen molar-refractivity contribution >= 4 is 21.7 Å². The summed E-state index contributed by atoms with van der Waals surface area (Å²) in [6, 6.07) is 1.73. The molecule has 1 aromatic heterocycles. The Labute approximate surface area is 84.9 Å². The van der Waals surface area contributed by atoms with Gasteiger partial charge in [-0.05, 0) is 15.9 Å². The summed E-state index contributed by atoms with van der Waals surface area (Å²) in [5.74, 6) is 1.41. The second kappa shape index (κ2) is 5.11. The Hall–Kier alpha value is -0.710. The highest BCUT2D eigenvalue weighted by molar-refractivity contribution is 9.10. The second-order valence-electron chi connectivity index (χ2n) is 2.46. The van der Waals surface area contributed by atoms with Crippen molar-refractivity contribution in [2.24, 2.45) is 0 Å². The third-order valence-corrected chi connectivity index (χ3v) is 1.86. The van der Waals surface area contributed by atoms with Crippen LogP contribution in [0.1, 0.15) is 12.7 Å². The molecule has 13 heavy (non-hydrogen) atoms. The number of anilines is 1. The molecule has 1 aromatic rings. The van der Waals surface area contributed by atoms with E-state index in [1.165, 1.54) is 0 Å². The lowest BCUT2D eigenvalue weighted by Gasteiger charge is -2.04. The van der Waals surface area contributed by atoms with Crippen LogP contribution in [0, 0.1) is 0 Å². The van der Waals surface area contributed by atoms with E-state index in [9.17, 15) is 4.39 Å². The number of hydrogen-bond acceptors (Lipinski definition) is 3. The third-order valence-electron chi connectivity index (χ3n) is 1.46. The lowest BCUT2D eigenvalue weighted by Crippen LogP contribution is -2.06. The first-order chi connectivity index (χ1) is 6.26. The zero-order valence-electron chi connectivity index (χ0n) is 7.35. The monoisotopic (exact) mass is 247 g/mol. The van der Waals surface area contributed by atoms with Crippen molar-refractivity contribution in [1.29, 1.82) is 0 Å². The fourth-order valence-electron chi connectivity index (χ4n) is 0.889. The van der Waals surface area contributed by atoms with E-state index in [2.05, 4.69) is 31.2 Å². The molecule has 0 aliphatic rings. The summed E-state index contributed by atoms with van der Waals surface area (Å²) >= 11 is 3.26. The summed E-state index contributed by atoms with van der Waals surface area (Å²) in [5, 5.41) is 2.85. The van der Waals surface area contributed by atoms with Gasteiger partial charge in [-0.25, -0.2) is 14.4 Å².